The molecule has 1 aliphatic heterocycles. The molecule has 0 radical (unpaired) electrons. The van der Waals surface area contributed by atoms with Crippen molar-refractivity contribution in [3.05, 3.63) is 29.8 Å². The maximum absolute atomic E-state index is 12.2. The van der Waals surface area contributed by atoms with Gasteiger partial charge in [0.25, 0.3) is 5.91 Å². The molecule has 1 amide bonds. The molecule has 118 valence electrons. The van der Waals surface area contributed by atoms with Gasteiger partial charge in [0.2, 0.25) is 0 Å². The maximum Gasteiger partial charge on any atom is 0.258 e. The lowest BCUT2D eigenvalue weighted by Gasteiger charge is -2.14. The molecule has 22 heavy (non-hydrogen) atoms. The standard InChI is InChI=1S/C16H23N5O/c1-21(2)12-8-6-11(7-9-12)10-17-20-16(22)15-13-4-3-5-14(13)18-19-15/h6-10,13-15,18-19H,3-5H2,1-2H3,(H,20,22)/b17-10+. The number of hydrogen-bond donors (Lipinski definition) is 3. The highest BCUT2D eigenvalue weighted by atomic mass is 16.2. The van der Waals surface area contributed by atoms with E-state index in [-0.39, 0.29) is 11.9 Å². The molecule has 1 saturated heterocycles. The third-order valence-corrected chi connectivity index (χ3v) is 4.50. The molecule has 1 aliphatic carbocycles. The smallest absolute Gasteiger partial charge is 0.258 e. The van der Waals surface area contributed by atoms with Crippen LogP contribution in [0.2, 0.25) is 0 Å². The Kier molecular flexibility index (Phi) is 4.40. The Hall–Kier alpha value is -1.92. The van der Waals surface area contributed by atoms with Crippen LogP contribution in [-0.4, -0.2) is 38.3 Å². The van der Waals surface area contributed by atoms with Crippen molar-refractivity contribution >= 4 is 17.8 Å². The monoisotopic (exact) mass is 301 g/mol. The number of carbonyl (C=O) groups is 1. The fourth-order valence-corrected chi connectivity index (χ4v) is 3.23. The lowest BCUT2D eigenvalue weighted by molar-refractivity contribution is -0.123. The van der Waals surface area contributed by atoms with Crippen molar-refractivity contribution in [2.75, 3.05) is 19.0 Å². The highest BCUT2D eigenvalue weighted by Crippen LogP contribution is 2.31. The third-order valence-electron chi connectivity index (χ3n) is 4.50. The molecule has 6 heteroatoms. The number of nitrogens with zero attached hydrogens (tertiary/aromatic N) is 2. The van der Waals surface area contributed by atoms with E-state index < -0.39 is 0 Å². The highest BCUT2D eigenvalue weighted by Gasteiger charge is 2.42. The van der Waals surface area contributed by atoms with Crippen LogP contribution in [0.1, 0.15) is 24.8 Å². The molecule has 2 aliphatic rings. The Morgan fingerprint density at radius 1 is 1.27 bits per heavy atom. The van der Waals surface area contributed by atoms with Crippen molar-refractivity contribution in [2.45, 2.75) is 31.3 Å². The number of hydrazone groups is 1. The number of hydrazine groups is 1. The molecule has 1 saturated carbocycles. The van der Waals surface area contributed by atoms with Crippen molar-refractivity contribution in [3.63, 3.8) is 0 Å². The molecule has 1 heterocycles. The molecule has 3 unspecified atom stereocenters. The molecular weight excluding hydrogens is 278 g/mol. The Morgan fingerprint density at radius 2 is 2.05 bits per heavy atom. The van der Waals surface area contributed by atoms with Gasteiger partial charge in [-0.2, -0.15) is 5.10 Å². The lowest BCUT2D eigenvalue weighted by Crippen LogP contribution is -2.44. The van der Waals surface area contributed by atoms with Crippen LogP contribution in [0.4, 0.5) is 5.69 Å². The molecule has 3 rings (SSSR count). The minimum absolute atomic E-state index is 0.0666. The average Bonchev–Trinajstić information content (AvgIpc) is 3.10. The van der Waals surface area contributed by atoms with Gasteiger partial charge in [0.05, 0.1) is 6.21 Å². The number of anilines is 1. The largest absolute Gasteiger partial charge is 0.378 e. The number of hydrogen-bond acceptors (Lipinski definition) is 5. The molecular formula is C16H23N5O. The van der Waals surface area contributed by atoms with Gasteiger partial charge < -0.3 is 4.90 Å². The molecule has 0 spiro atoms. The normalized spacial score (nSPS) is 27.1. The first-order valence-corrected chi connectivity index (χ1v) is 7.76. The average molecular weight is 301 g/mol. The first-order valence-electron chi connectivity index (χ1n) is 7.76. The van der Waals surface area contributed by atoms with E-state index in [9.17, 15) is 4.79 Å². The number of benzene rings is 1. The van der Waals surface area contributed by atoms with Gasteiger partial charge in [-0.15, -0.1) is 0 Å². The fraction of sp³-hybridized carbons (Fsp3) is 0.500. The summed E-state index contributed by atoms with van der Waals surface area (Å²) in [6.07, 6.45) is 5.10. The molecule has 2 fully saturated rings. The summed E-state index contributed by atoms with van der Waals surface area (Å²) in [5.74, 6) is 0.317. The van der Waals surface area contributed by atoms with Crippen LogP contribution in [0.25, 0.3) is 0 Å². The fourth-order valence-electron chi connectivity index (χ4n) is 3.23. The van der Waals surface area contributed by atoms with Gasteiger partial charge in [-0.05, 0) is 30.5 Å². The number of fused-ring (bicyclic) bond motifs is 1. The van der Waals surface area contributed by atoms with Crippen molar-refractivity contribution in [3.8, 4) is 0 Å². The quantitative estimate of drug-likeness (QED) is 0.570. The Balaban J connectivity index is 1.54. The van der Waals surface area contributed by atoms with Crippen LogP contribution in [0.15, 0.2) is 29.4 Å². The zero-order valence-electron chi connectivity index (χ0n) is 13.0. The molecule has 0 bridgehead atoms. The molecule has 0 aromatic heterocycles. The summed E-state index contributed by atoms with van der Waals surface area (Å²) in [5, 5.41) is 4.07. The zero-order chi connectivity index (χ0) is 15.5. The van der Waals surface area contributed by atoms with Gasteiger partial charge in [0.1, 0.15) is 6.04 Å². The summed E-state index contributed by atoms with van der Waals surface area (Å²) in [7, 11) is 4.00. The molecule has 1 aromatic rings. The Morgan fingerprint density at radius 3 is 2.77 bits per heavy atom. The predicted molar refractivity (Wildman–Crippen MR) is 87.7 cm³/mol. The highest BCUT2D eigenvalue weighted by molar-refractivity contribution is 5.85. The van der Waals surface area contributed by atoms with Crippen molar-refractivity contribution < 1.29 is 4.79 Å². The second kappa shape index (κ2) is 6.46. The molecule has 6 nitrogen and oxygen atoms in total. The van der Waals surface area contributed by atoms with Crippen LogP contribution in [0.3, 0.4) is 0 Å². The SMILES string of the molecule is CN(C)c1ccc(/C=N/NC(=O)C2NNC3CCCC32)cc1. The molecule has 1 aromatic carbocycles. The number of carbonyl (C=O) groups excluding carboxylic acids is 1. The minimum Gasteiger partial charge on any atom is -0.378 e. The van der Waals surface area contributed by atoms with Gasteiger partial charge in [0.15, 0.2) is 0 Å². The van der Waals surface area contributed by atoms with Crippen molar-refractivity contribution in [1.29, 1.82) is 0 Å². The third kappa shape index (κ3) is 3.13. The van der Waals surface area contributed by atoms with Gasteiger partial charge in [0, 0.05) is 31.7 Å². The van der Waals surface area contributed by atoms with Gasteiger partial charge >= 0.3 is 0 Å². The zero-order valence-corrected chi connectivity index (χ0v) is 13.0. The van der Waals surface area contributed by atoms with Gasteiger partial charge in [-0.25, -0.2) is 10.9 Å². The summed E-state index contributed by atoms with van der Waals surface area (Å²) in [4.78, 5) is 14.2. The van der Waals surface area contributed by atoms with E-state index >= 15 is 0 Å². The minimum atomic E-state index is -0.180. The van der Waals surface area contributed by atoms with Crippen LogP contribution >= 0.6 is 0 Å². The van der Waals surface area contributed by atoms with E-state index in [2.05, 4.69) is 21.4 Å². The second-order valence-electron chi connectivity index (χ2n) is 6.19. The number of amides is 1. The second-order valence-corrected chi connectivity index (χ2v) is 6.19. The van der Waals surface area contributed by atoms with Crippen LogP contribution in [0, 0.1) is 5.92 Å². The molecule has 3 atom stereocenters. The summed E-state index contributed by atoms with van der Waals surface area (Å²) in [5.41, 5.74) is 11.0. The predicted octanol–water partition coefficient (Wildman–Crippen LogP) is 0.848. The van der Waals surface area contributed by atoms with Gasteiger partial charge in [-0.1, -0.05) is 18.6 Å². The summed E-state index contributed by atoms with van der Waals surface area (Å²) in [6, 6.07) is 8.25. The van der Waals surface area contributed by atoms with E-state index in [1.165, 1.54) is 6.42 Å². The van der Waals surface area contributed by atoms with Gasteiger partial charge in [-0.3, -0.25) is 10.2 Å². The lowest BCUT2D eigenvalue weighted by atomic mass is 9.97. The van der Waals surface area contributed by atoms with E-state index in [0.717, 1.165) is 24.1 Å². The van der Waals surface area contributed by atoms with Crippen LogP contribution in [-0.2, 0) is 4.79 Å². The van der Waals surface area contributed by atoms with E-state index in [0.29, 0.717) is 12.0 Å². The summed E-state index contributed by atoms with van der Waals surface area (Å²) < 4.78 is 0. The first kappa shape index (κ1) is 15.0. The van der Waals surface area contributed by atoms with Crippen molar-refractivity contribution in [2.24, 2.45) is 11.0 Å². The van der Waals surface area contributed by atoms with E-state index in [1.54, 1.807) is 6.21 Å². The van der Waals surface area contributed by atoms with Crippen molar-refractivity contribution in [1.82, 2.24) is 16.3 Å². The topological polar surface area (TPSA) is 68.8 Å². The Labute approximate surface area is 130 Å². The summed E-state index contributed by atoms with van der Waals surface area (Å²) >= 11 is 0. The van der Waals surface area contributed by atoms with Crippen LogP contribution in [0.5, 0.6) is 0 Å². The first-order chi connectivity index (χ1) is 10.6. The molecule has 3 N–H and O–H groups in total. The summed E-state index contributed by atoms with van der Waals surface area (Å²) in [6.45, 7) is 0. The number of rotatable bonds is 4. The van der Waals surface area contributed by atoms with Crippen LogP contribution < -0.4 is 21.2 Å². The van der Waals surface area contributed by atoms with E-state index in [1.807, 2.05) is 43.3 Å². The maximum atomic E-state index is 12.2. The number of nitrogens with one attached hydrogen (secondary N) is 3. The van der Waals surface area contributed by atoms with E-state index in [4.69, 9.17) is 0 Å². The Bertz CT molecular complexity index is 554.